The molecule has 82 valence electrons. The van der Waals surface area contributed by atoms with E-state index in [1.807, 2.05) is 19.9 Å². The zero-order valence-corrected chi connectivity index (χ0v) is 9.58. The van der Waals surface area contributed by atoms with Gasteiger partial charge < -0.3 is 4.74 Å². The highest BCUT2D eigenvalue weighted by atomic mass is 16.5. The van der Waals surface area contributed by atoms with Gasteiger partial charge in [0.15, 0.2) is 0 Å². The number of ether oxygens (including phenoxy) is 1. The standard InChI is InChI=1S/C12H22O2/c1-4-7-8-10-11(9-5-2)12(13)14-6-3/h4,7,11H,5-6,8-10H2,1-3H3. The van der Waals surface area contributed by atoms with Crippen molar-refractivity contribution in [1.29, 1.82) is 0 Å². The summed E-state index contributed by atoms with van der Waals surface area (Å²) in [4.78, 5) is 11.5. The Morgan fingerprint density at radius 2 is 2.07 bits per heavy atom. The lowest BCUT2D eigenvalue weighted by atomic mass is 9.98. The minimum atomic E-state index is -0.0288. The Balaban J connectivity index is 3.93. The Morgan fingerprint density at radius 3 is 2.57 bits per heavy atom. The molecule has 0 aliphatic carbocycles. The molecule has 0 bridgehead atoms. The number of hydrogen-bond acceptors (Lipinski definition) is 2. The normalized spacial score (nSPS) is 13.1. The van der Waals surface area contributed by atoms with Crippen LogP contribution in [-0.4, -0.2) is 12.6 Å². The third-order valence-electron chi connectivity index (χ3n) is 2.17. The summed E-state index contributed by atoms with van der Waals surface area (Å²) >= 11 is 0. The minimum absolute atomic E-state index is 0.0288. The topological polar surface area (TPSA) is 26.3 Å². The van der Waals surface area contributed by atoms with Crippen LogP contribution >= 0.6 is 0 Å². The van der Waals surface area contributed by atoms with Crippen LogP contribution in [0.25, 0.3) is 0 Å². The van der Waals surface area contributed by atoms with Gasteiger partial charge in [-0.05, 0) is 33.1 Å². The van der Waals surface area contributed by atoms with Crippen molar-refractivity contribution in [2.75, 3.05) is 6.61 Å². The monoisotopic (exact) mass is 198 g/mol. The summed E-state index contributed by atoms with van der Waals surface area (Å²) in [7, 11) is 0. The largest absolute Gasteiger partial charge is 0.466 e. The van der Waals surface area contributed by atoms with Gasteiger partial charge in [-0.25, -0.2) is 0 Å². The van der Waals surface area contributed by atoms with Gasteiger partial charge in [0.05, 0.1) is 12.5 Å². The van der Waals surface area contributed by atoms with E-state index >= 15 is 0 Å². The summed E-state index contributed by atoms with van der Waals surface area (Å²) in [6, 6.07) is 0. The van der Waals surface area contributed by atoms with Crippen LogP contribution in [0, 0.1) is 5.92 Å². The summed E-state index contributed by atoms with van der Waals surface area (Å²) in [5, 5.41) is 0. The second-order valence-electron chi connectivity index (χ2n) is 3.38. The summed E-state index contributed by atoms with van der Waals surface area (Å²) in [6.07, 6.45) is 7.99. The number of rotatable bonds is 7. The van der Waals surface area contributed by atoms with Gasteiger partial charge in [-0.1, -0.05) is 25.5 Å². The maximum Gasteiger partial charge on any atom is 0.308 e. The first-order valence-corrected chi connectivity index (χ1v) is 5.54. The van der Waals surface area contributed by atoms with Crippen LogP contribution in [0.4, 0.5) is 0 Å². The maximum absolute atomic E-state index is 11.5. The van der Waals surface area contributed by atoms with E-state index in [1.165, 1.54) is 0 Å². The zero-order chi connectivity index (χ0) is 10.8. The van der Waals surface area contributed by atoms with Gasteiger partial charge >= 0.3 is 5.97 Å². The molecule has 2 heteroatoms. The molecule has 1 atom stereocenters. The van der Waals surface area contributed by atoms with E-state index < -0.39 is 0 Å². The second-order valence-corrected chi connectivity index (χ2v) is 3.38. The maximum atomic E-state index is 11.5. The highest BCUT2D eigenvalue weighted by molar-refractivity contribution is 5.72. The predicted octanol–water partition coefficient (Wildman–Crippen LogP) is 3.32. The molecule has 0 radical (unpaired) electrons. The highest BCUT2D eigenvalue weighted by Crippen LogP contribution is 2.15. The summed E-state index contributed by atoms with van der Waals surface area (Å²) in [5.41, 5.74) is 0. The lowest BCUT2D eigenvalue weighted by molar-refractivity contribution is -0.148. The molecule has 0 saturated heterocycles. The molecule has 0 aromatic heterocycles. The van der Waals surface area contributed by atoms with E-state index in [-0.39, 0.29) is 11.9 Å². The molecule has 0 rings (SSSR count). The molecule has 0 heterocycles. The smallest absolute Gasteiger partial charge is 0.308 e. The Labute approximate surface area is 87.3 Å². The van der Waals surface area contributed by atoms with Crippen LogP contribution in [0.1, 0.15) is 46.5 Å². The van der Waals surface area contributed by atoms with E-state index in [1.54, 1.807) is 0 Å². The third kappa shape index (κ3) is 5.79. The molecule has 1 unspecified atom stereocenters. The van der Waals surface area contributed by atoms with E-state index in [2.05, 4.69) is 13.0 Å². The van der Waals surface area contributed by atoms with Crippen LogP contribution < -0.4 is 0 Å². The number of esters is 1. The fourth-order valence-electron chi connectivity index (χ4n) is 1.45. The minimum Gasteiger partial charge on any atom is -0.466 e. The van der Waals surface area contributed by atoms with Gasteiger partial charge in [0.1, 0.15) is 0 Å². The molecule has 0 aromatic rings. The molecule has 0 N–H and O–H groups in total. The molecule has 0 aliphatic rings. The van der Waals surface area contributed by atoms with Gasteiger partial charge in [0, 0.05) is 0 Å². The first-order valence-electron chi connectivity index (χ1n) is 5.54. The Kier molecular flexibility index (Phi) is 8.30. The van der Waals surface area contributed by atoms with Gasteiger partial charge in [-0.2, -0.15) is 0 Å². The van der Waals surface area contributed by atoms with Crippen molar-refractivity contribution in [2.45, 2.75) is 46.5 Å². The van der Waals surface area contributed by atoms with E-state index in [4.69, 9.17) is 4.74 Å². The van der Waals surface area contributed by atoms with E-state index in [0.717, 1.165) is 25.7 Å². The second kappa shape index (κ2) is 8.79. The quantitative estimate of drug-likeness (QED) is 0.463. The first-order chi connectivity index (χ1) is 6.76. The van der Waals surface area contributed by atoms with Crippen molar-refractivity contribution in [3.63, 3.8) is 0 Å². The van der Waals surface area contributed by atoms with Crippen molar-refractivity contribution in [3.8, 4) is 0 Å². The predicted molar refractivity (Wildman–Crippen MR) is 59.1 cm³/mol. The van der Waals surface area contributed by atoms with Crippen molar-refractivity contribution in [3.05, 3.63) is 12.2 Å². The van der Waals surface area contributed by atoms with Crippen LogP contribution in [0.3, 0.4) is 0 Å². The highest BCUT2D eigenvalue weighted by Gasteiger charge is 2.17. The molecule has 14 heavy (non-hydrogen) atoms. The molecule has 0 amide bonds. The zero-order valence-electron chi connectivity index (χ0n) is 9.58. The summed E-state index contributed by atoms with van der Waals surface area (Å²) in [5.74, 6) is 0.0648. The summed E-state index contributed by atoms with van der Waals surface area (Å²) < 4.78 is 5.02. The number of allylic oxidation sites excluding steroid dienone is 2. The van der Waals surface area contributed by atoms with Crippen LogP contribution in [0.5, 0.6) is 0 Å². The molecule has 0 spiro atoms. The van der Waals surface area contributed by atoms with Crippen LogP contribution in [0.15, 0.2) is 12.2 Å². The van der Waals surface area contributed by atoms with Crippen LogP contribution in [-0.2, 0) is 9.53 Å². The molecule has 0 aliphatic heterocycles. The first kappa shape index (κ1) is 13.2. The lowest BCUT2D eigenvalue weighted by Crippen LogP contribution is -2.17. The Morgan fingerprint density at radius 1 is 1.36 bits per heavy atom. The summed E-state index contributed by atoms with van der Waals surface area (Å²) in [6.45, 7) is 6.44. The van der Waals surface area contributed by atoms with Gasteiger partial charge in [0.25, 0.3) is 0 Å². The van der Waals surface area contributed by atoms with Crippen molar-refractivity contribution in [1.82, 2.24) is 0 Å². The van der Waals surface area contributed by atoms with Crippen LogP contribution in [0.2, 0.25) is 0 Å². The van der Waals surface area contributed by atoms with Crippen molar-refractivity contribution < 1.29 is 9.53 Å². The van der Waals surface area contributed by atoms with Gasteiger partial charge in [-0.3, -0.25) is 4.79 Å². The molecule has 0 fully saturated rings. The fourth-order valence-corrected chi connectivity index (χ4v) is 1.45. The molecule has 0 aromatic carbocycles. The SMILES string of the molecule is CC=CCCC(CCC)C(=O)OCC. The average molecular weight is 198 g/mol. The average Bonchev–Trinajstić information content (AvgIpc) is 2.17. The molecule has 0 saturated carbocycles. The lowest BCUT2D eigenvalue weighted by Gasteiger charge is -2.13. The molecular formula is C12H22O2. The third-order valence-corrected chi connectivity index (χ3v) is 2.17. The van der Waals surface area contributed by atoms with Gasteiger partial charge in [0.2, 0.25) is 0 Å². The van der Waals surface area contributed by atoms with E-state index in [9.17, 15) is 4.79 Å². The Hall–Kier alpha value is -0.790. The van der Waals surface area contributed by atoms with Gasteiger partial charge in [-0.15, -0.1) is 0 Å². The Bertz CT molecular complexity index is 173. The molecule has 2 nitrogen and oxygen atoms in total. The number of carbonyl (C=O) groups is 1. The van der Waals surface area contributed by atoms with Crippen molar-refractivity contribution in [2.24, 2.45) is 5.92 Å². The van der Waals surface area contributed by atoms with Crippen molar-refractivity contribution >= 4 is 5.97 Å². The number of hydrogen-bond donors (Lipinski definition) is 0. The number of carbonyl (C=O) groups excluding carboxylic acids is 1. The molecular weight excluding hydrogens is 176 g/mol. The van der Waals surface area contributed by atoms with E-state index in [0.29, 0.717) is 6.61 Å². The fraction of sp³-hybridized carbons (Fsp3) is 0.750.